The van der Waals surface area contributed by atoms with E-state index in [1.54, 1.807) is 23.6 Å². The van der Waals surface area contributed by atoms with Crippen molar-refractivity contribution >= 4 is 29.3 Å². The molecule has 0 saturated heterocycles. The van der Waals surface area contributed by atoms with Crippen molar-refractivity contribution in [2.75, 3.05) is 23.5 Å². The first-order chi connectivity index (χ1) is 19.9. The Morgan fingerprint density at radius 2 is 1.80 bits per heavy atom. The quantitative estimate of drug-likeness (QED) is 0.201. The number of carbonyl (C=O) groups is 1. The molecule has 8 nitrogen and oxygen atoms in total. The molecule has 5 rings (SSSR count). The Morgan fingerprint density at radius 3 is 2.54 bits per heavy atom. The highest BCUT2D eigenvalue weighted by Gasteiger charge is 2.35. The van der Waals surface area contributed by atoms with Crippen molar-refractivity contribution in [2.24, 2.45) is 0 Å². The highest BCUT2D eigenvalue weighted by Crippen LogP contribution is 2.40. The number of methoxy groups -OCH3 is 1. The summed E-state index contributed by atoms with van der Waals surface area (Å²) in [5, 5.41) is 11.9. The zero-order valence-corrected chi connectivity index (χ0v) is 24.8. The molecule has 0 radical (unpaired) electrons. The van der Waals surface area contributed by atoms with Crippen LogP contribution in [0.15, 0.2) is 83.2 Å². The summed E-state index contributed by atoms with van der Waals surface area (Å²) in [4.78, 5) is 18.6. The summed E-state index contributed by atoms with van der Waals surface area (Å²) in [6.45, 7) is 8.49. The van der Waals surface area contributed by atoms with Gasteiger partial charge >= 0.3 is 0 Å². The maximum atomic E-state index is 13.8. The van der Waals surface area contributed by atoms with Crippen LogP contribution < -0.4 is 20.1 Å². The fourth-order valence-corrected chi connectivity index (χ4v) is 5.53. The van der Waals surface area contributed by atoms with Gasteiger partial charge in [-0.05, 0) is 68.1 Å². The molecule has 0 spiro atoms. The number of hydrogen-bond acceptors (Lipinski definition) is 7. The third kappa shape index (κ3) is 6.41. The summed E-state index contributed by atoms with van der Waals surface area (Å²) in [7, 11) is 1.62. The van der Waals surface area contributed by atoms with E-state index in [-0.39, 0.29) is 5.91 Å². The predicted octanol–water partition coefficient (Wildman–Crippen LogP) is 6.91. The molecule has 1 unspecified atom stereocenters. The second-order valence-electron chi connectivity index (χ2n) is 10.1. The summed E-state index contributed by atoms with van der Waals surface area (Å²) in [5.41, 5.74) is 6.14. The van der Waals surface area contributed by atoms with Crippen molar-refractivity contribution in [1.29, 1.82) is 0 Å². The molecule has 0 bridgehead atoms. The third-order valence-corrected chi connectivity index (χ3v) is 7.81. The molecule has 4 aromatic rings. The van der Waals surface area contributed by atoms with Crippen LogP contribution in [0.4, 0.5) is 11.6 Å². The molecule has 2 N–H and O–H groups in total. The first kappa shape index (κ1) is 28.3. The zero-order valence-electron chi connectivity index (χ0n) is 24.0. The van der Waals surface area contributed by atoms with Crippen molar-refractivity contribution < 1.29 is 14.3 Å². The van der Waals surface area contributed by atoms with Crippen LogP contribution in [0.25, 0.3) is 0 Å². The molecule has 1 atom stereocenters. The van der Waals surface area contributed by atoms with Crippen molar-refractivity contribution in [1.82, 2.24) is 14.8 Å². The van der Waals surface area contributed by atoms with Crippen LogP contribution in [0.1, 0.15) is 48.6 Å². The van der Waals surface area contributed by atoms with Gasteiger partial charge in [0.15, 0.2) is 11.5 Å². The maximum Gasteiger partial charge on any atom is 0.255 e. The highest BCUT2D eigenvalue weighted by atomic mass is 32.2. The molecular formula is C32H35N5O3S. The second kappa shape index (κ2) is 12.5. The molecule has 212 valence electrons. The number of aromatic nitrogens is 3. The Morgan fingerprint density at radius 1 is 1.02 bits per heavy atom. The third-order valence-electron chi connectivity index (χ3n) is 6.77. The normalized spacial score (nSPS) is 14.3. The molecule has 1 amide bonds. The zero-order chi connectivity index (χ0) is 28.9. The Hall–Kier alpha value is -4.24. The van der Waals surface area contributed by atoms with Crippen LogP contribution in [0.3, 0.4) is 0 Å². The van der Waals surface area contributed by atoms with E-state index in [1.807, 2.05) is 68.4 Å². The summed E-state index contributed by atoms with van der Waals surface area (Å²) < 4.78 is 13.7. The molecular weight excluding hydrogens is 534 g/mol. The number of benzene rings is 3. The topological polar surface area (TPSA) is 90.3 Å². The average molecular weight is 570 g/mol. The van der Waals surface area contributed by atoms with E-state index in [4.69, 9.17) is 19.6 Å². The Kier molecular flexibility index (Phi) is 8.64. The Balaban J connectivity index is 1.51. The number of fused-ring (bicyclic) bond motifs is 1. The monoisotopic (exact) mass is 569 g/mol. The predicted molar refractivity (Wildman–Crippen MR) is 164 cm³/mol. The fraction of sp³-hybridized carbons (Fsp3) is 0.281. The van der Waals surface area contributed by atoms with Gasteiger partial charge < -0.3 is 20.1 Å². The number of carbonyl (C=O) groups excluding carboxylic acids is 1. The van der Waals surface area contributed by atoms with E-state index in [0.717, 1.165) is 34.6 Å². The summed E-state index contributed by atoms with van der Waals surface area (Å²) >= 11 is 1.59. The minimum absolute atomic E-state index is 0.215. The number of aryl methyl sites for hydroxylation is 2. The van der Waals surface area contributed by atoms with E-state index in [0.29, 0.717) is 40.5 Å². The fourth-order valence-electron chi connectivity index (χ4n) is 4.85. The maximum absolute atomic E-state index is 13.8. The van der Waals surface area contributed by atoms with Crippen LogP contribution in [-0.4, -0.2) is 33.5 Å². The van der Waals surface area contributed by atoms with Gasteiger partial charge in [0.25, 0.3) is 5.91 Å². The molecule has 9 heteroatoms. The van der Waals surface area contributed by atoms with Gasteiger partial charge in [-0.2, -0.15) is 4.98 Å². The van der Waals surface area contributed by atoms with Gasteiger partial charge in [0.05, 0.1) is 12.7 Å². The van der Waals surface area contributed by atoms with E-state index < -0.39 is 6.04 Å². The van der Waals surface area contributed by atoms with Gasteiger partial charge in [-0.15, -0.1) is 5.10 Å². The minimum Gasteiger partial charge on any atom is -0.493 e. The van der Waals surface area contributed by atoms with Crippen molar-refractivity contribution in [2.45, 2.75) is 51.9 Å². The second-order valence-corrected chi connectivity index (χ2v) is 11.2. The molecule has 0 saturated carbocycles. The van der Waals surface area contributed by atoms with Crippen LogP contribution in [0, 0.1) is 13.8 Å². The lowest BCUT2D eigenvalue weighted by atomic mass is 9.94. The lowest BCUT2D eigenvalue weighted by molar-refractivity contribution is -0.113. The number of hydrogen-bond donors (Lipinski definition) is 2. The smallest absolute Gasteiger partial charge is 0.255 e. The van der Waals surface area contributed by atoms with E-state index >= 15 is 0 Å². The number of rotatable bonds is 10. The largest absolute Gasteiger partial charge is 0.493 e. The number of ether oxygens (including phenoxy) is 2. The van der Waals surface area contributed by atoms with E-state index in [2.05, 4.69) is 36.6 Å². The molecule has 1 aliphatic heterocycles. The van der Waals surface area contributed by atoms with Gasteiger partial charge in [-0.1, -0.05) is 66.7 Å². The molecule has 3 aromatic carbocycles. The number of nitrogens with zero attached hydrogens (tertiary/aromatic N) is 3. The summed E-state index contributed by atoms with van der Waals surface area (Å²) in [6.07, 6.45) is 1.01. The van der Waals surface area contributed by atoms with Crippen LogP contribution in [-0.2, 0) is 11.4 Å². The van der Waals surface area contributed by atoms with Crippen LogP contribution in [0.2, 0.25) is 0 Å². The number of nitrogens with one attached hydrogen (secondary N) is 2. The molecule has 0 fully saturated rings. The first-order valence-corrected chi connectivity index (χ1v) is 14.7. The van der Waals surface area contributed by atoms with Gasteiger partial charge in [0.2, 0.25) is 11.1 Å². The molecule has 2 heterocycles. The molecule has 1 aliphatic rings. The SMILES string of the molecule is CCCSc1nc2n(n1)C(c1ccc(OCc3cccc(C)c3)c(OC)c1)C(C(=O)Nc1cccc(C)c1)=C(C)N2. The summed E-state index contributed by atoms with van der Waals surface area (Å²) in [5.74, 6) is 2.48. The van der Waals surface area contributed by atoms with E-state index in [1.165, 1.54) is 5.56 Å². The minimum atomic E-state index is -0.528. The Bertz CT molecular complexity index is 1600. The van der Waals surface area contributed by atoms with Crippen LogP contribution >= 0.6 is 11.8 Å². The van der Waals surface area contributed by atoms with Gasteiger partial charge in [-0.25, -0.2) is 4.68 Å². The van der Waals surface area contributed by atoms with Crippen molar-refractivity contribution in [3.8, 4) is 11.5 Å². The van der Waals surface area contributed by atoms with E-state index in [9.17, 15) is 4.79 Å². The number of allylic oxidation sites excluding steroid dienone is 1. The molecule has 1 aromatic heterocycles. The molecule has 0 aliphatic carbocycles. The number of anilines is 2. The van der Waals surface area contributed by atoms with Crippen molar-refractivity contribution in [3.63, 3.8) is 0 Å². The lowest BCUT2D eigenvalue weighted by Gasteiger charge is -2.29. The lowest BCUT2D eigenvalue weighted by Crippen LogP contribution is -2.31. The van der Waals surface area contributed by atoms with Gasteiger partial charge in [0, 0.05) is 17.1 Å². The number of amides is 1. The van der Waals surface area contributed by atoms with Crippen molar-refractivity contribution in [3.05, 3.63) is 100 Å². The molecule has 41 heavy (non-hydrogen) atoms. The standard InChI is InChI=1S/C32H35N5O3S/c1-6-15-41-32-35-31-33-22(4)28(30(38)34-25-12-8-10-21(3)17-25)29(37(31)36-32)24-13-14-26(27(18-24)39-5)40-19-23-11-7-9-20(2)16-23/h7-14,16-18,29H,6,15,19H2,1-5H3,(H,34,38)(H,33,35,36). The van der Waals surface area contributed by atoms with Crippen LogP contribution in [0.5, 0.6) is 11.5 Å². The van der Waals surface area contributed by atoms with Gasteiger partial charge in [-0.3, -0.25) is 4.79 Å². The number of thioether (sulfide) groups is 1. The van der Waals surface area contributed by atoms with Gasteiger partial charge in [0.1, 0.15) is 12.6 Å². The summed E-state index contributed by atoms with van der Waals surface area (Å²) in [6, 6.07) is 21.2. The Labute approximate surface area is 245 Å². The highest BCUT2D eigenvalue weighted by molar-refractivity contribution is 7.99. The first-order valence-electron chi connectivity index (χ1n) is 13.7. The average Bonchev–Trinajstić information content (AvgIpc) is 3.36.